The molecular formula is C51H37IrN3O-2. The van der Waals surface area contributed by atoms with Crippen molar-refractivity contribution >= 4 is 33.0 Å². The van der Waals surface area contributed by atoms with Gasteiger partial charge < -0.3 is 14.0 Å². The Kier molecular flexibility index (Phi) is 10.5. The smallest absolute Gasteiger partial charge is 0.121 e. The standard InChI is InChI=1S/C40H29N2O.C11H8N.Ir/c1-26(2)34-24-29(27-12-5-3-6-13-27)21-23-36(34)42-37-19-10-9-18-35(37)41-40(42)33-17-11-16-32-31-22-20-30(25-38(31)43-39(32)33)28-14-7-4-8-15-28;1-2-6-10(7-3-1)11-8-4-5-9-12-11;/h3-16,18-26H,1-2H3;1-6,8-9H;/q2*-1;. The van der Waals surface area contributed by atoms with Gasteiger partial charge in [0.15, 0.2) is 0 Å². The Bertz CT molecular complexity index is 2840. The molecule has 0 atom stereocenters. The fraction of sp³-hybridized carbons (Fsp3) is 0.0588. The van der Waals surface area contributed by atoms with Gasteiger partial charge in [-0.2, -0.15) is 0 Å². The minimum atomic E-state index is 0. The number of para-hydroxylation sites is 2. The van der Waals surface area contributed by atoms with Crippen molar-refractivity contribution < 1.29 is 24.5 Å². The summed E-state index contributed by atoms with van der Waals surface area (Å²) in [5, 5.41) is 2.15. The van der Waals surface area contributed by atoms with Gasteiger partial charge in [0.25, 0.3) is 0 Å². The summed E-state index contributed by atoms with van der Waals surface area (Å²) in [4.78, 5) is 9.42. The van der Waals surface area contributed by atoms with E-state index in [9.17, 15) is 0 Å². The first-order valence-electron chi connectivity index (χ1n) is 18.6. The predicted octanol–water partition coefficient (Wildman–Crippen LogP) is 13.4. The number of furan rings is 1. The molecule has 4 nitrogen and oxygen atoms in total. The first-order chi connectivity index (χ1) is 27.1. The van der Waals surface area contributed by atoms with Crippen molar-refractivity contribution in [2.24, 2.45) is 0 Å². The second-order valence-corrected chi connectivity index (χ2v) is 13.8. The van der Waals surface area contributed by atoms with Crippen molar-refractivity contribution in [2.75, 3.05) is 0 Å². The normalized spacial score (nSPS) is 11.1. The summed E-state index contributed by atoms with van der Waals surface area (Å²) in [6.07, 6.45) is 1.79. The van der Waals surface area contributed by atoms with Crippen LogP contribution in [0.25, 0.3) is 83.6 Å². The van der Waals surface area contributed by atoms with E-state index in [1.54, 1.807) is 6.20 Å². The van der Waals surface area contributed by atoms with Gasteiger partial charge in [-0.3, -0.25) is 4.98 Å². The summed E-state index contributed by atoms with van der Waals surface area (Å²) in [6.45, 7) is 4.51. The molecule has 3 aromatic heterocycles. The molecule has 56 heavy (non-hydrogen) atoms. The molecule has 0 unspecified atom stereocenters. The number of pyridine rings is 1. The third-order valence-electron chi connectivity index (χ3n) is 9.97. The molecule has 0 aliphatic heterocycles. The maximum absolute atomic E-state index is 6.66. The van der Waals surface area contributed by atoms with Gasteiger partial charge in [0.2, 0.25) is 0 Å². The molecule has 0 N–H and O–H groups in total. The maximum atomic E-state index is 6.66. The van der Waals surface area contributed by atoms with E-state index in [2.05, 4.69) is 151 Å². The summed E-state index contributed by atoms with van der Waals surface area (Å²) in [5.74, 6) is 1.12. The van der Waals surface area contributed by atoms with E-state index in [1.807, 2.05) is 60.7 Å². The van der Waals surface area contributed by atoms with Gasteiger partial charge in [0, 0.05) is 37.4 Å². The number of rotatable bonds is 6. The summed E-state index contributed by atoms with van der Waals surface area (Å²) in [6, 6.07) is 67.0. The molecular weight excluding hydrogens is 863 g/mol. The SMILES string of the molecule is CC(C)c1cc(-c2ccccc2)ccc1-n1c(-c2[c-]ccc3c2oc2cc(-c4ccccc4)ccc23)nc2ccccc21.[Ir].[c-]1ccccc1-c1ccccn1. The Morgan fingerprint density at radius 2 is 1.29 bits per heavy atom. The van der Waals surface area contributed by atoms with Gasteiger partial charge >= 0.3 is 0 Å². The molecule has 0 amide bonds. The summed E-state index contributed by atoms with van der Waals surface area (Å²) < 4.78 is 8.94. The van der Waals surface area contributed by atoms with Crippen molar-refractivity contribution in [1.29, 1.82) is 0 Å². The molecule has 1 radical (unpaired) electrons. The fourth-order valence-electron chi connectivity index (χ4n) is 7.26. The molecule has 7 aromatic carbocycles. The van der Waals surface area contributed by atoms with E-state index >= 15 is 0 Å². The average Bonchev–Trinajstić information content (AvgIpc) is 3.83. The topological polar surface area (TPSA) is 43.9 Å². The van der Waals surface area contributed by atoms with Crippen LogP contribution >= 0.6 is 0 Å². The van der Waals surface area contributed by atoms with E-state index in [0.717, 1.165) is 66.9 Å². The van der Waals surface area contributed by atoms with Crippen LogP contribution in [-0.4, -0.2) is 14.5 Å². The summed E-state index contributed by atoms with van der Waals surface area (Å²) in [5.41, 5.74) is 13.6. The predicted molar refractivity (Wildman–Crippen MR) is 226 cm³/mol. The van der Waals surface area contributed by atoms with Gasteiger partial charge in [-0.15, -0.1) is 54.1 Å². The van der Waals surface area contributed by atoms with E-state index in [4.69, 9.17) is 9.40 Å². The Hall–Kier alpha value is -6.39. The van der Waals surface area contributed by atoms with Crippen LogP contribution in [0.5, 0.6) is 0 Å². The molecule has 0 aliphatic rings. The van der Waals surface area contributed by atoms with Crippen LogP contribution in [0.2, 0.25) is 0 Å². The van der Waals surface area contributed by atoms with E-state index in [1.165, 1.54) is 22.3 Å². The van der Waals surface area contributed by atoms with Gasteiger partial charge in [-0.05, 0) is 75.8 Å². The number of nitrogens with zero attached hydrogens (tertiary/aromatic N) is 3. The first-order valence-corrected chi connectivity index (χ1v) is 18.6. The Morgan fingerprint density at radius 3 is 2.00 bits per heavy atom. The first kappa shape index (κ1) is 36.6. The van der Waals surface area contributed by atoms with Gasteiger partial charge in [-0.1, -0.05) is 128 Å². The molecule has 3 heterocycles. The second-order valence-electron chi connectivity index (χ2n) is 13.8. The zero-order chi connectivity index (χ0) is 37.1. The number of imidazole rings is 1. The molecule has 0 fully saturated rings. The quantitative estimate of drug-likeness (QED) is 0.156. The summed E-state index contributed by atoms with van der Waals surface area (Å²) >= 11 is 0. The van der Waals surface area contributed by atoms with E-state index < -0.39 is 0 Å². The van der Waals surface area contributed by atoms with Crippen LogP contribution in [0.15, 0.2) is 187 Å². The largest absolute Gasteiger partial charge is 0.501 e. The molecule has 10 aromatic rings. The van der Waals surface area contributed by atoms with Crippen LogP contribution in [0, 0.1) is 12.1 Å². The Morgan fingerprint density at radius 1 is 0.589 bits per heavy atom. The van der Waals surface area contributed by atoms with Gasteiger partial charge in [-0.25, -0.2) is 0 Å². The van der Waals surface area contributed by atoms with Crippen LogP contribution in [0.4, 0.5) is 0 Å². The van der Waals surface area contributed by atoms with Crippen LogP contribution in [0.3, 0.4) is 0 Å². The minimum Gasteiger partial charge on any atom is -0.501 e. The van der Waals surface area contributed by atoms with Crippen molar-refractivity contribution in [2.45, 2.75) is 19.8 Å². The Balaban J connectivity index is 0.000000290. The zero-order valence-corrected chi connectivity index (χ0v) is 33.4. The molecule has 10 rings (SSSR count). The van der Waals surface area contributed by atoms with E-state index in [-0.39, 0.29) is 20.1 Å². The van der Waals surface area contributed by atoms with Gasteiger partial charge in [0.1, 0.15) is 5.58 Å². The third-order valence-corrected chi connectivity index (χ3v) is 9.97. The molecule has 5 heteroatoms. The molecule has 0 spiro atoms. The Labute approximate surface area is 340 Å². The average molecular weight is 900 g/mol. The van der Waals surface area contributed by atoms with Crippen molar-refractivity contribution in [3.63, 3.8) is 0 Å². The number of fused-ring (bicyclic) bond motifs is 4. The number of hydrogen-bond donors (Lipinski definition) is 0. The number of aromatic nitrogens is 3. The third kappa shape index (κ3) is 7.11. The minimum absolute atomic E-state index is 0. The summed E-state index contributed by atoms with van der Waals surface area (Å²) in [7, 11) is 0. The molecule has 0 saturated heterocycles. The van der Waals surface area contributed by atoms with Crippen molar-refractivity contribution in [3.05, 3.63) is 200 Å². The number of hydrogen-bond acceptors (Lipinski definition) is 3. The monoisotopic (exact) mass is 900 g/mol. The number of benzene rings is 7. The van der Waals surface area contributed by atoms with Crippen molar-refractivity contribution in [3.8, 4) is 50.6 Å². The maximum Gasteiger partial charge on any atom is 0.121 e. The fourth-order valence-corrected chi connectivity index (χ4v) is 7.26. The second kappa shape index (κ2) is 16.1. The zero-order valence-electron chi connectivity index (χ0n) is 31.0. The molecule has 0 saturated carbocycles. The van der Waals surface area contributed by atoms with E-state index in [0.29, 0.717) is 5.92 Å². The van der Waals surface area contributed by atoms with Crippen LogP contribution in [0.1, 0.15) is 25.3 Å². The van der Waals surface area contributed by atoms with Gasteiger partial charge in [0.05, 0.1) is 22.4 Å². The molecule has 273 valence electrons. The van der Waals surface area contributed by atoms with Crippen LogP contribution < -0.4 is 0 Å². The molecule has 0 bridgehead atoms. The van der Waals surface area contributed by atoms with Crippen molar-refractivity contribution in [1.82, 2.24) is 14.5 Å². The van der Waals surface area contributed by atoms with Crippen LogP contribution in [-0.2, 0) is 20.1 Å². The molecule has 0 aliphatic carbocycles.